The van der Waals surface area contributed by atoms with Crippen LogP contribution in [0.4, 0.5) is 0 Å². The van der Waals surface area contributed by atoms with Gasteiger partial charge in [0, 0.05) is 24.5 Å². The van der Waals surface area contributed by atoms with Gasteiger partial charge >= 0.3 is 0 Å². The van der Waals surface area contributed by atoms with Crippen molar-refractivity contribution in [2.45, 2.75) is 25.7 Å². The van der Waals surface area contributed by atoms with Crippen LogP contribution in [0, 0.1) is 6.92 Å². The molecule has 1 atom stereocenters. The van der Waals surface area contributed by atoms with E-state index in [2.05, 4.69) is 10.3 Å². The van der Waals surface area contributed by atoms with Gasteiger partial charge in [0.2, 0.25) is 5.91 Å². The average Bonchev–Trinajstić information content (AvgIpc) is 2.48. The van der Waals surface area contributed by atoms with Gasteiger partial charge in [-0.15, -0.1) is 0 Å². The van der Waals surface area contributed by atoms with E-state index in [1.165, 1.54) is 0 Å². The van der Waals surface area contributed by atoms with E-state index < -0.39 is 0 Å². The van der Waals surface area contributed by atoms with E-state index in [4.69, 9.17) is 11.6 Å². The fourth-order valence-electron chi connectivity index (χ4n) is 2.46. The van der Waals surface area contributed by atoms with Crippen LogP contribution in [-0.4, -0.2) is 24.2 Å². The highest BCUT2D eigenvalue weighted by Gasteiger charge is 2.22. The number of aryl methyl sites for hydroxylation is 1. The first-order chi connectivity index (χ1) is 10.1. The SMILES string of the molecule is CNC(=O)C(CCC=O)c1cc2cccc(Cl)c2nc1C. The van der Waals surface area contributed by atoms with Gasteiger partial charge in [-0.1, -0.05) is 23.7 Å². The number of para-hydroxylation sites is 1. The molecule has 2 rings (SSSR count). The molecule has 0 spiro atoms. The summed E-state index contributed by atoms with van der Waals surface area (Å²) < 4.78 is 0. The van der Waals surface area contributed by atoms with E-state index in [9.17, 15) is 9.59 Å². The van der Waals surface area contributed by atoms with Gasteiger partial charge < -0.3 is 10.1 Å². The Bertz CT molecular complexity index is 685. The molecule has 0 aliphatic rings. The molecule has 1 unspecified atom stereocenters. The van der Waals surface area contributed by atoms with Gasteiger partial charge in [-0.05, 0) is 31.0 Å². The van der Waals surface area contributed by atoms with E-state index in [-0.39, 0.29) is 11.8 Å². The summed E-state index contributed by atoms with van der Waals surface area (Å²) in [6, 6.07) is 7.50. The zero-order chi connectivity index (χ0) is 15.4. The quantitative estimate of drug-likeness (QED) is 0.864. The fourth-order valence-corrected chi connectivity index (χ4v) is 2.68. The number of benzene rings is 1. The number of hydrogen-bond acceptors (Lipinski definition) is 3. The van der Waals surface area contributed by atoms with E-state index in [0.717, 1.165) is 28.4 Å². The number of halogens is 1. The molecular weight excluding hydrogens is 288 g/mol. The lowest BCUT2D eigenvalue weighted by molar-refractivity contribution is -0.122. The number of pyridine rings is 1. The minimum Gasteiger partial charge on any atom is -0.359 e. The second kappa shape index (κ2) is 6.68. The molecule has 1 amide bonds. The molecule has 0 aliphatic carbocycles. The maximum atomic E-state index is 12.1. The highest BCUT2D eigenvalue weighted by Crippen LogP contribution is 2.29. The Morgan fingerprint density at radius 2 is 2.24 bits per heavy atom. The zero-order valence-corrected chi connectivity index (χ0v) is 12.8. The van der Waals surface area contributed by atoms with Crippen LogP contribution < -0.4 is 5.32 Å². The van der Waals surface area contributed by atoms with E-state index in [1.807, 2.05) is 25.1 Å². The van der Waals surface area contributed by atoms with E-state index in [0.29, 0.717) is 17.9 Å². The van der Waals surface area contributed by atoms with Crippen LogP contribution in [0.2, 0.25) is 5.02 Å². The molecule has 0 saturated carbocycles. The lowest BCUT2D eigenvalue weighted by atomic mass is 9.91. The molecule has 1 aromatic carbocycles. The first kappa shape index (κ1) is 15.4. The highest BCUT2D eigenvalue weighted by atomic mass is 35.5. The van der Waals surface area contributed by atoms with Crippen molar-refractivity contribution in [2.75, 3.05) is 7.05 Å². The Hall–Kier alpha value is -1.94. The number of aldehydes is 1. The van der Waals surface area contributed by atoms with E-state index >= 15 is 0 Å². The first-order valence-electron chi connectivity index (χ1n) is 6.79. The van der Waals surface area contributed by atoms with Crippen molar-refractivity contribution in [1.29, 1.82) is 0 Å². The molecule has 0 saturated heterocycles. The van der Waals surface area contributed by atoms with Crippen molar-refractivity contribution in [1.82, 2.24) is 10.3 Å². The van der Waals surface area contributed by atoms with Crippen molar-refractivity contribution < 1.29 is 9.59 Å². The Morgan fingerprint density at radius 3 is 2.90 bits per heavy atom. The van der Waals surface area contributed by atoms with Crippen molar-refractivity contribution in [3.63, 3.8) is 0 Å². The van der Waals surface area contributed by atoms with Crippen LogP contribution in [-0.2, 0) is 9.59 Å². The molecule has 1 N–H and O–H groups in total. The summed E-state index contributed by atoms with van der Waals surface area (Å²) >= 11 is 6.15. The number of hydrogen-bond donors (Lipinski definition) is 1. The van der Waals surface area contributed by atoms with Gasteiger partial charge in [-0.3, -0.25) is 9.78 Å². The number of amides is 1. The van der Waals surface area contributed by atoms with E-state index in [1.54, 1.807) is 13.1 Å². The average molecular weight is 305 g/mol. The summed E-state index contributed by atoms with van der Waals surface area (Å²) in [6.07, 6.45) is 1.64. The maximum Gasteiger partial charge on any atom is 0.227 e. The van der Waals surface area contributed by atoms with Crippen molar-refractivity contribution in [2.24, 2.45) is 0 Å². The van der Waals surface area contributed by atoms with Crippen molar-refractivity contribution in [3.8, 4) is 0 Å². The topological polar surface area (TPSA) is 59.1 Å². The van der Waals surface area contributed by atoms with Gasteiger partial charge in [0.15, 0.2) is 0 Å². The number of nitrogens with zero attached hydrogens (tertiary/aromatic N) is 1. The molecule has 0 fully saturated rings. The molecule has 1 heterocycles. The first-order valence-corrected chi connectivity index (χ1v) is 7.17. The number of carbonyl (C=O) groups is 2. The summed E-state index contributed by atoms with van der Waals surface area (Å²) in [5.41, 5.74) is 2.33. The summed E-state index contributed by atoms with van der Waals surface area (Å²) in [6.45, 7) is 1.86. The minimum atomic E-state index is -0.379. The standard InChI is InChI=1S/C16H17ClN2O2/c1-10-13(12(6-4-8-20)16(21)18-2)9-11-5-3-7-14(17)15(11)19-10/h3,5,7-9,12H,4,6H2,1-2H3,(H,18,21). The molecule has 5 heteroatoms. The Morgan fingerprint density at radius 1 is 1.48 bits per heavy atom. The third kappa shape index (κ3) is 3.22. The minimum absolute atomic E-state index is 0.108. The van der Waals surface area contributed by atoms with Gasteiger partial charge in [-0.25, -0.2) is 0 Å². The Kier molecular flexibility index (Phi) is 4.91. The van der Waals surface area contributed by atoms with Crippen LogP contribution in [0.3, 0.4) is 0 Å². The molecule has 0 bridgehead atoms. The molecule has 110 valence electrons. The molecule has 4 nitrogen and oxygen atoms in total. The molecule has 0 aliphatic heterocycles. The van der Waals surface area contributed by atoms with Crippen LogP contribution in [0.25, 0.3) is 10.9 Å². The highest BCUT2D eigenvalue weighted by molar-refractivity contribution is 6.35. The van der Waals surface area contributed by atoms with Crippen LogP contribution in [0.1, 0.15) is 30.0 Å². The number of fused-ring (bicyclic) bond motifs is 1. The smallest absolute Gasteiger partial charge is 0.227 e. The van der Waals surface area contributed by atoms with Gasteiger partial charge in [0.1, 0.15) is 6.29 Å². The number of carbonyl (C=O) groups excluding carboxylic acids is 2. The Labute approximate surface area is 128 Å². The monoisotopic (exact) mass is 304 g/mol. The lowest BCUT2D eigenvalue weighted by Gasteiger charge is -2.17. The van der Waals surface area contributed by atoms with Crippen LogP contribution in [0.15, 0.2) is 24.3 Å². The lowest BCUT2D eigenvalue weighted by Crippen LogP contribution is -2.26. The van der Waals surface area contributed by atoms with Crippen molar-refractivity contribution in [3.05, 3.63) is 40.5 Å². The largest absolute Gasteiger partial charge is 0.359 e. The summed E-state index contributed by atoms with van der Waals surface area (Å²) in [7, 11) is 1.59. The van der Waals surface area contributed by atoms with Gasteiger partial charge in [-0.2, -0.15) is 0 Å². The number of likely N-dealkylation sites (N-methyl/N-ethyl adjacent to an activating group) is 1. The maximum absolute atomic E-state index is 12.1. The van der Waals surface area contributed by atoms with Gasteiger partial charge in [0.05, 0.1) is 16.5 Å². The van der Waals surface area contributed by atoms with Crippen LogP contribution in [0.5, 0.6) is 0 Å². The number of aromatic nitrogens is 1. The van der Waals surface area contributed by atoms with Crippen molar-refractivity contribution >= 4 is 34.7 Å². The molecule has 2 aromatic rings. The third-order valence-electron chi connectivity index (χ3n) is 3.54. The second-order valence-electron chi connectivity index (χ2n) is 4.89. The molecule has 0 radical (unpaired) electrons. The Balaban J connectivity index is 2.54. The summed E-state index contributed by atoms with van der Waals surface area (Å²) in [5, 5.41) is 4.13. The fraction of sp³-hybridized carbons (Fsp3) is 0.312. The number of rotatable bonds is 5. The van der Waals surface area contributed by atoms with Crippen LogP contribution >= 0.6 is 11.6 Å². The number of nitrogens with one attached hydrogen (secondary N) is 1. The third-order valence-corrected chi connectivity index (χ3v) is 3.84. The molecule has 21 heavy (non-hydrogen) atoms. The zero-order valence-electron chi connectivity index (χ0n) is 12.0. The predicted octanol–water partition coefficient (Wildman–Crippen LogP) is 3.01. The predicted molar refractivity (Wildman–Crippen MR) is 83.6 cm³/mol. The summed E-state index contributed by atoms with van der Waals surface area (Å²) in [5.74, 6) is -0.487. The normalized spacial score (nSPS) is 12.1. The second-order valence-corrected chi connectivity index (χ2v) is 5.29. The molecule has 1 aromatic heterocycles. The van der Waals surface area contributed by atoms with Gasteiger partial charge in [0.25, 0.3) is 0 Å². The molecular formula is C16H17ClN2O2. The summed E-state index contributed by atoms with van der Waals surface area (Å²) in [4.78, 5) is 27.2.